The third-order valence-corrected chi connectivity index (χ3v) is 9.26. The molecule has 1 aliphatic rings. The van der Waals surface area contributed by atoms with Crippen LogP contribution in [0.25, 0.3) is 0 Å². The zero-order chi connectivity index (χ0) is 28.7. The Bertz CT molecular complexity index is 1290. The van der Waals surface area contributed by atoms with Gasteiger partial charge in [0.25, 0.3) is 0 Å². The molecule has 1 aliphatic carbocycles. The van der Waals surface area contributed by atoms with Gasteiger partial charge < -0.3 is 10.2 Å². The van der Waals surface area contributed by atoms with Crippen molar-refractivity contribution in [2.75, 3.05) is 17.1 Å². The molecule has 214 valence electrons. The van der Waals surface area contributed by atoms with Gasteiger partial charge in [-0.25, -0.2) is 8.42 Å². The lowest BCUT2D eigenvalue weighted by Gasteiger charge is -2.31. The van der Waals surface area contributed by atoms with E-state index in [2.05, 4.69) is 5.32 Å². The topological polar surface area (TPSA) is 86.8 Å². The van der Waals surface area contributed by atoms with Crippen molar-refractivity contribution in [1.82, 2.24) is 10.2 Å². The van der Waals surface area contributed by atoms with Gasteiger partial charge in [0.1, 0.15) is 6.04 Å². The molecule has 12 heteroatoms. The van der Waals surface area contributed by atoms with E-state index in [1.165, 1.54) is 17.0 Å². The van der Waals surface area contributed by atoms with Crippen LogP contribution in [0.15, 0.2) is 36.4 Å². The van der Waals surface area contributed by atoms with Gasteiger partial charge in [0, 0.05) is 30.6 Å². The fourth-order valence-electron chi connectivity index (χ4n) is 4.65. The number of halogens is 4. The molecule has 1 fully saturated rings. The molecule has 1 atom stereocenters. The average molecular weight is 637 g/mol. The summed E-state index contributed by atoms with van der Waals surface area (Å²) in [6, 6.07) is 8.99. The summed E-state index contributed by atoms with van der Waals surface area (Å²) in [5, 5.41) is 4.40. The maximum Gasteiger partial charge on any atom is 0.242 e. The molecule has 0 heterocycles. The molecule has 2 aromatic rings. The third-order valence-electron chi connectivity index (χ3n) is 6.78. The van der Waals surface area contributed by atoms with E-state index in [1.54, 1.807) is 31.2 Å². The number of hydrogen-bond donors (Lipinski definition) is 1. The fourth-order valence-corrected chi connectivity index (χ4v) is 6.37. The Morgan fingerprint density at radius 2 is 1.64 bits per heavy atom. The quantitative estimate of drug-likeness (QED) is 0.297. The Morgan fingerprint density at radius 1 is 0.974 bits per heavy atom. The second-order valence-electron chi connectivity index (χ2n) is 9.82. The molecule has 0 aliphatic heterocycles. The van der Waals surface area contributed by atoms with Crippen LogP contribution in [0, 0.1) is 0 Å². The molecule has 0 unspecified atom stereocenters. The Morgan fingerprint density at radius 3 is 2.28 bits per heavy atom. The van der Waals surface area contributed by atoms with Gasteiger partial charge in [0.05, 0.1) is 27.0 Å². The maximum atomic E-state index is 13.5. The molecule has 0 radical (unpaired) electrons. The lowest BCUT2D eigenvalue weighted by atomic mass is 9.95. The molecule has 7 nitrogen and oxygen atoms in total. The Balaban J connectivity index is 1.76. The molecular formula is C27H33Cl4N3O4S. The second-order valence-corrected chi connectivity index (χ2v) is 13.4. The van der Waals surface area contributed by atoms with Gasteiger partial charge in [-0.1, -0.05) is 71.7 Å². The number of sulfonamides is 1. The summed E-state index contributed by atoms with van der Waals surface area (Å²) < 4.78 is 26.2. The highest BCUT2D eigenvalue weighted by Gasteiger charge is 2.29. The highest BCUT2D eigenvalue weighted by molar-refractivity contribution is 7.92. The normalized spacial score (nSPS) is 15.0. The molecule has 3 rings (SSSR count). The van der Waals surface area contributed by atoms with E-state index in [4.69, 9.17) is 46.4 Å². The van der Waals surface area contributed by atoms with E-state index in [1.807, 2.05) is 0 Å². The number of nitrogens with zero attached hydrogens (tertiary/aromatic N) is 2. The van der Waals surface area contributed by atoms with Gasteiger partial charge in [-0.3, -0.25) is 13.9 Å². The molecule has 0 spiro atoms. The van der Waals surface area contributed by atoms with Gasteiger partial charge in [-0.05, 0) is 62.1 Å². The first-order chi connectivity index (χ1) is 18.4. The van der Waals surface area contributed by atoms with E-state index in [-0.39, 0.29) is 54.5 Å². The van der Waals surface area contributed by atoms with Crippen LogP contribution < -0.4 is 9.62 Å². The zero-order valence-electron chi connectivity index (χ0n) is 21.9. The molecule has 0 bridgehead atoms. The van der Waals surface area contributed by atoms with Gasteiger partial charge in [-0.2, -0.15) is 0 Å². The van der Waals surface area contributed by atoms with Crippen molar-refractivity contribution in [2.24, 2.45) is 0 Å². The van der Waals surface area contributed by atoms with Crippen molar-refractivity contribution >= 4 is 73.9 Å². The third kappa shape index (κ3) is 9.15. The number of anilines is 1. The van der Waals surface area contributed by atoms with Crippen LogP contribution in [0.2, 0.25) is 20.1 Å². The summed E-state index contributed by atoms with van der Waals surface area (Å²) in [6.45, 7) is 1.85. The number of carbonyl (C=O) groups excluding carboxylic acids is 2. The van der Waals surface area contributed by atoms with E-state index >= 15 is 0 Å². The average Bonchev–Trinajstić information content (AvgIpc) is 2.88. The van der Waals surface area contributed by atoms with E-state index in [0.29, 0.717) is 15.1 Å². The zero-order valence-corrected chi connectivity index (χ0v) is 25.8. The maximum absolute atomic E-state index is 13.5. The first kappa shape index (κ1) is 31.8. The Kier molecular flexibility index (Phi) is 11.6. The monoisotopic (exact) mass is 635 g/mol. The summed E-state index contributed by atoms with van der Waals surface area (Å²) in [5.74, 6) is -0.517. The van der Waals surface area contributed by atoms with Crippen LogP contribution >= 0.6 is 46.4 Å². The van der Waals surface area contributed by atoms with Crippen LogP contribution in [-0.4, -0.2) is 50.0 Å². The van der Waals surface area contributed by atoms with E-state index < -0.39 is 16.1 Å². The highest BCUT2D eigenvalue weighted by Crippen LogP contribution is 2.31. The fraction of sp³-hybridized carbons (Fsp3) is 0.481. The predicted molar refractivity (Wildman–Crippen MR) is 159 cm³/mol. The smallest absolute Gasteiger partial charge is 0.242 e. The van der Waals surface area contributed by atoms with Gasteiger partial charge in [-0.15, -0.1) is 0 Å². The number of rotatable bonds is 11. The lowest BCUT2D eigenvalue weighted by molar-refractivity contribution is -0.141. The minimum absolute atomic E-state index is 0.00652. The van der Waals surface area contributed by atoms with Crippen LogP contribution in [0.4, 0.5) is 5.69 Å². The predicted octanol–water partition coefficient (Wildman–Crippen LogP) is 6.71. The largest absolute Gasteiger partial charge is 0.352 e. The SMILES string of the molecule is C[C@@H](C(=O)NC1CCCCC1)N(Cc1ccc(Cl)c(Cl)c1)C(=O)CCCN(c1cc(Cl)ccc1Cl)S(C)(=O)=O. The summed E-state index contributed by atoms with van der Waals surface area (Å²) in [7, 11) is -3.70. The summed E-state index contributed by atoms with van der Waals surface area (Å²) in [6.07, 6.45) is 6.42. The number of carbonyl (C=O) groups is 2. The van der Waals surface area contributed by atoms with Gasteiger partial charge in [0.2, 0.25) is 21.8 Å². The Labute approximate surface area is 250 Å². The van der Waals surface area contributed by atoms with Crippen LogP contribution in [0.5, 0.6) is 0 Å². The summed E-state index contributed by atoms with van der Waals surface area (Å²) >= 11 is 24.6. The molecule has 2 amide bonds. The minimum atomic E-state index is -3.70. The summed E-state index contributed by atoms with van der Waals surface area (Å²) in [5.41, 5.74) is 0.963. The highest BCUT2D eigenvalue weighted by atomic mass is 35.5. The number of benzene rings is 2. The number of hydrogen-bond acceptors (Lipinski definition) is 4. The molecule has 1 N–H and O–H groups in total. The van der Waals surface area contributed by atoms with Crippen molar-refractivity contribution in [3.8, 4) is 0 Å². The second kappa shape index (κ2) is 14.3. The van der Waals surface area contributed by atoms with Crippen molar-refractivity contribution in [1.29, 1.82) is 0 Å². The molecular weight excluding hydrogens is 604 g/mol. The van der Waals surface area contributed by atoms with E-state index in [0.717, 1.165) is 48.2 Å². The first-order valence-corrected chi connectivity index (χ1v) is 16.2. The minimum Gasteiger partial charge on any atom is -0.352 e. The molecule has 0 aromatic heterocycles. The number of amides is 2. The lowest BCUT2D eigenvalue weighted by Crippen LogP contribution is -2.50. The van der Waals surface area contributed by atoms with Crippen LogP contribution in [-0.2, 0) is 26.2 Å². The van der Waals surface area contributed by atoms with Crippen molar-refractivity contribution in [2.45, 2.75) is 70.5 Å². The van der Waals surface area contributed by atoms with Crippen molar-refractivity contribution in [3.63, 3.8) is 0 Å². The number of nitrogens with one attached hydrogen (secondary N) is 1. The van der Waals surface area contributed by atoms with Gasteiger partial charge >= 0.3 is 0 Å². The first-order valence-electron chi connectivity index (χ1n) is 12.8. The summed E-state index contributed by atoms with van der Waals surface area (Å²) in [4.78, 5) is 28.2. The van der Waals surface area contributed by atoms with Crippen molar-refractivity contribution < 1.29 is 18.0 Å². The molecule has 39 heavy (non-hydrogen) atoms. The molecule has 1 saturated carbocycles. The van der Waals surface area contributed by atoms with Gasteiger partial charge in [0.15, 0.2) is 0 Å². The standard InChI is InChI=1S/C27H33Cl4N3O4S/c1-18(27(36)32-21-7-4-3-5-8-21)33(17-19-10-12-22(29)24(31)15-19)26(35)9-6-14-34(39(2,37)38)25-16-20(28)11-13-23(25)30/h10-13,15-16,18,21H,3-9,14,17H2,1-2H3,(H,32,36)/t18-/m0/s1. The Hall–Kier alpha value is -1.71. The van der Waals surface area contributed by atoms with Crippen molar-refractivity contribution in [3.05, 3.63) is 62.1 Å². The van der Waals surface area contributed by atoms with Crippen LogP contribution in [0.1, 0.15) is 57.4 Å². The molecule has 0 saturated heterocycles. The molecule has 2 aromatic carbocycles. The van der Waals surface area contributed by atoms with E-state index in [9.17, 15) is 18.0 Å². The van der Waals surface area contributed by atoms with Crippen LogP contribution in [0.3, 0.4) is 0 Å².